The van der Waals surface area contributed by atoms with Gasteiger partial charge < -0.3 is 0 Å². The molecule has 0 saturated carbocycles. The number of halogens is 1. The van der Waals surface area contributed by atoms with Gasteiger partial charge in [0, 0.05) is 24.2 Å². The number of rotatable bonds is 4. The first kappa shape index (κ1) is 15.7. The molecule has 1 aliphatic heterocycles. The number of benzene rings is 1. The molecule has 2 rings (SSSR count). The molecular formula is C11H15ClN2O4S2. The van der Waals surface area contributed by atoms with Crippen molar-refractivity contribution in [2.45, 2.75) is 17.4 Å². The molecule has 0 aromatic heterocycles. The summed E-state index contributed by atoms with van der Waals surface area (Å²) >= 11 is 5.71. The van der Waals surface area contributed by atoms with E-state index >= 15 is 0 Å². The van der Waals surface area contributed by atoms with Crippen LogP contribution < -0.4 is 4.72 Å². The molecule has 1 fully saturated rings. The van der Waals surface area contributed by atoms with Crippen molar-refractivity contribution in [2.75, 3.05) is 19.3 Å². The summed E-state index contributed by atoms with van der Waals surface area (Å²) in [7, 11) is -6.94. The predicted octanol–water partition coefficient (Wildman–Crippen LogP) is 0.652. The van der Waals surface area contributed by atoms with E-state index in [0.717, 1.165) is 6.26 Å². The number of sulfonamides is 2. The Kier molecular flexibility index (Phi) is 4.41. The molecule has 6 nitrogen and oxygen atoms in total. The molecule has 0 bridgehead atoms. The molecule has 0 amide bonds. The highest BCUT2D eigenvalue weighted by Gasteiger charge is 2.31. The van der Waals surface area contributed by atoms with Gasteiger partial charge in [-0.2, -0.15) is 0 Å². The van der Waals surface area contributed by atoms with Crippen LogP contribution in [0.1, 0.15) is 6.42 Å². The molecule has 1 atom stereocenters. The molecular weight excluding hydrogens is 324 g/mol. The van der Waals surface area contributed by atoms with E-state index in [2.05, 4.69) is 4.72 Å². The zero-order valence-electron chi connectivity index (χ0n) is 10.8. The average molecular weight is 339 g/mol. The third kappa shape index (κ3) is 3.70. The zero-order chi connectivity index (χ0) is 15.0. The molecule has 1 saturated heterocycles. The van der Waals surface area contributed by atoms with Crippen molar-refractivity contribution in [2.24, 2.45) is 0 Å². The van der Waals surface area contributed by atoms with Crippen LogP contribution in [-0.4, -0.2) is 46.5 Å². The first-order valence-electron chi connectivity index (χ1n) is 5.91. The number of hydrogen-bond acceptors (Lipinski definition) is 4. The summed E-state index contributed by atoms with van der Waals surface area (Å²) < 4.78 is 50.8. The Morgan fingerprint density at radius 1 is 1.20 bits per heavy atom. The molecule has 0 spiro atoms. The van der Waals surface area contributed by atoms with E-state index in [-0.39, 0.29) is 11.4 Å². The van der Waals surface area contributed by atoms with Crippen LogP contribution in [0, 0.1) is 0 Å². The van der Waals surface area contributed by atoms with E-state index in [1.165, 1.54) is 28.6 Å². The van der Waals surface area contributed by atoms with Gasteiger partial charge in [-0.25, -0.2) is 25.9 Å². The minimum atomic E-state index is -3.66. The number of nitrogens with zero attached hydrogens (tertiary/aromatic N) is 1. The summed E-state index contributed by atoms with van der Waals surface area (Å²) in [6.07, 6.45) is 1.57. The maximum atomic E-state index is 12.1. The lowest BCUT2D eigenvalue weighted by Crippen LogP contribution is -2.38. The Balaban J connectivity index is 2.09. The van der Waals surface area contributed by atoms with Gasteiger partial charge in [0.05, 0.1) is 11.2 Å². The topological polar surface area (TPSA) is 83.6 Å². The van der Waals surface area contributed by atoms with Crippen LogP contribution in [0.3, 0.4) is 0 Å². The Morgan fingerprint density at radius 2 is 1.80 bits per heavy atom. The van der Waals surface area contributed by atoms with E-state index in [1.807, 2.05) is 0 Å². The lowest BCUT2D eigenvalue weighted by molar-refractivity contribution is 0.472. The second-order valence-electron chi connectivity index (χ2n) is 4.68. The van der Waals surface area contributed by atoms with Crippen molar-refractivity contribution in [3.05, 3.63) is 29.3 Å². The van der Waals surface area contributed by atoms with E-state index in [1.54, 1.807) is 0 Å². The van der Waals surface area contributed by atoms with Crippen LogP contribution in [0.15, 0.2) is 29.2 Å². The van der Waals surface area contributed by atoms with Crippen LogP contribution in [0.5, 0.6) is 0 Å². The lowest BCUT2D eigenvalue weighted by atomic mass is 10.3. The van der Waals surface area contributed by atoms with Crippen molar-refractivity contribution in [1.29, 1.82) is 0 Å². The van der Waals surface area contributed by atoms with Crippen LogP contribution in [0.4, 0.5) is 0 Å². The van der Waals surface area contributed by atoms with E-state index in [9.17, 15) is 16.8 Å². The van der Waals surface area contributed by atoms with E-state index in [0.29, 0.717) is 18.0 Å². The second kappa shape index (κ2) is 5.61. The molecule has 1 aliphatic rings. The van der Waals surface area contributed by atoms with E-state index < -0.39 is 26.1 Å². The minimum absolute atomic E-state index is 0.111. The second-order valence-corrected chi connectivity index (χ2v) is 8.81. The summed E-state index contributed by atoms with van der Waals surface area (Å²) in [6.45, 7) is 0.484. The molecule has 9 heteroatoms. The van der Waals surface area contributed by atoms with Crippen LogP contribution in [-0.2, 0) is 20.0 Å². The van der Waals surface area contributed by atoms with Gasteiger partial charge in [0.2, 0.25) is 20.0 Å². The molecule has 20 heavy (non-hydrogen) atoms. The lowest BCUT2D eigenvalue weighted by Gasteiger charge is -2.14. The molecule has 0 radical (unpaired) electrons. The number of nitrogens with one attached hydrogen (secondary N) is 1. The van der Waals surface area contributed by atoms with Gasteiger partial charge in [-0.05, 0) is 30.7 Å². The first-order chi connectivity index (χ1) is 9.18. The average Bonchev–Trinajstić information content (AvgIpc) is 2.77. The minimum Gasteiger partial charge on any atom is -0.213 e. The van der Waals surface area contributed by atoms with Crippen molar-refractivity contribution in [1.82, 2.24) is 9.03 Å². The normalized spacial score (nSPS) is 21.2. The third-order valence-corrected chi connectivity index (χ3v) is 6.12. The fourth-order valence-corrected chi connectivity index (χ4v) is 4.30. The summed E-state index contributed by atoms with van der Waals surface area (Å²) in [5, 5.41) is 0.452. The Labute approximate surface area is 123 Å². The standard InChI is InChI=1S/C11H15ClN2O4S2/c1-19(15,16)14-7-6-10(8-14)13-20(17,18)11-4-2-9(12)3-5-11/h2-5,10,13H,6-8H2,1H3. The predicted molar refractivity (Wildman–Crippen MR) is 76.6 cm³/mol. The Morgan fingerprint density at radius 3 is 2.30 bits per heavy atom. The maximum absolute atomic E-state index is 12.1. The smallest absolute Gasteiger partial charge is 0.213 e. The van der Waals surface area contributed by atoms with E-state index in [4.69, 9.17) is 11.6 Å². The first-order valence-corrected chi connectivity index (χ1v) is 9.62. The summed E-state index contributed by atoms with van der Waals surface area (Å²) in [6, 6.07) is 5.40. The SMILES string of the molecule is CS(=O)(=O)N1CCC(NS(=O)(=O)c2ccc(Cl)cc2)C1. The highest BCUT2D eigenvalue weighted by Crippen LogP contribution is 2.17. The molecule has 1 aromatic carbocycles. The molecule has 1 heterocycles. The molecule has 112 valence electrons. The fourth-order valence-electron chi connectivity index (χ4n) is 2.03. The van der Waals surface area contributed by atoms with Crippen LogP contribution in [0.25, 0.3) is 0 Å². The van der Waals surface area contributed by atoms with Crippen molar-refractivity contribution in [3.63, 3.8) is 0 Å². The largest absolute Gasteiger partial charge is 0.240 e. The highest BCUT2D eigenvalue weighted by atomic mass is 35.5. The quantitative estimate of drug-likeness (QED) is 0.873. The highest BCUT2D eigenvalue weighted by molar-refractivity contribution is 7.89. The monoisotopic (exact) mass is 338 g/mol. The zero-order valence-corrected chi connectivity index (χ0v) is 13.2. The van der Waals surface area contributed by atoms with Gasteiger partial charge in [-0.15, -0.1) is 0 Å². The van der Waals surface area contributed by atoms with Gasteiger partial charge in [-0.3, -0.25) is 0 Å². The van der Waals surface area contributed by atoms with Crippen molar-refractivity contribution < 1.29 is 16.8 Å². The molecule has 1 N–H and O–H groups in total. The molecule has 1 aromatic rings. The fraction of sp³-hybridized carbons (Fsp3) is 0.455. The van der Waals surface area contributed by atoms with Crippen molar-refractivity contribution >= 4 is 31.6 Å². The van der Waals surface area contributed by atoms with Gasteiger partial charge in [0.1, 0.15) is 0 Å². The van der Waals surface area contributed by atoms with Crippen LogP contribution in [0.2, 0.25) is 5.02 Å². The van der Waals surface area contributed by atoms with Crippen molar-refractivity contribution in [3.8, 4) is 0 Å². The summed E-state index contributed by atoms with van der Waals surface area (Å²) in [4.78, 5) is 0.111. The maximum Gasteiger partial charge on any atom is 0.240 e. The van der Waals surface area contributed by atoms with Gasteiger partial charge in [-0.1, -0.05) is 11.6 Å². The number of hydrogen-bond donors (Lipinski definition) is 1. The summed E-state index contributed by atoms with van der Waals surface area (Å²) in [5.41, 5.74) is 0. The van der Waals surface area contributed by atoms with Gasteiger partial charge in [0.25, 0.3) is 0 Å². The summed E-state index contributed by atoms with van der Waals surface area (Å²) in [5.74, 6) is 0. The van der Waals surface area contributed by atoms with Crippen LogP contribution >= 0.6 is 11.6 Å². The van der Waals surface area contributed by atoms with Gasteiger partial charge in [0.15, 0.2) is 0 Å². The Hall–Kier alpha value is -0.670. The third-order valence-electron chi connectivity index (χ3n) is 3.07. The van der Waals surface area contributed by atoms with Gasteiger partial charge >= 0.3 is 0 Å². The Bertz CT molecular complexity index is 686. The molecule has 0 aliphatic carbocycles. The molecule has 1 unspecified atom stereocenters.